The van der Waals surface area contributed by atoms with Crippen molar-refractivity contribution in [3.63, 3.8) is 0 Å². The number of unbranched alkanes of at least 4 members (excludes halogenated alkanes) is 2. The molecule has 0 bridgehead atoms. The zero-order chi connectivity index (χ0) is 11.8. The van der Waals surface area contributed by atoms with Gasteiger partial charge in [0.2, 0.25) is 5.91 Å². The minimum Gasteiger partial charge on any atom is -0.459 e. The molecule has 0 atom stereocenters. The number of furan rings is 1. The molecule has 16 heavy (non-hydrogen) atoms. The number of rotatable bonds is 5. The molecule has 0 aliphatic heterocycles. The monoisotopic (exact) mass is 224 g/mol. The fourth-order valence-electron chi connectivity index (χ4n) is 1.19. The Hall–Kier alpha value is -1.78. The summed E-state index contributed by atoms with van der Waals surface area (Å²) in [7, 11) is 0. The summed E-state index contributed by atoms with van der Waals surface area (Å²) in [5, 5.41) is 0. The third-order valence-corrected chi connectivity index (χ3v) is 2.07. The van der Waals surface area contributed by atoms with E-state index in [1.807, 2.05) is 0 Å². The average Bonchev–Trinajstić information content (AvgIpc) is 2.79. The molecule has 0 fully saturated rings. The Labute approximate surface area is 94.2 Å². The summed E-state index contributed by atoms with van der Waals surface area (Å²) in [5.41, 5.74) is 4.61. The van der Waals surface area contributed by atoms with E-state index in [2.05, 4.69) is 17.8 Å². The number of carbonyl (C=O) groups excluding carboxylic acids is 2. The SMILES string of the molecule is CCCCCC(=O)NNC(=O)c1ccco1. The predicted molar refractivity (Wildman–Crippen MR) is 58.5 cm³/mol. The van der Waals surface area contributed by atoms with Crippen molar-refractivity contribution in [3.05, 3.63) is 24.2 Å². The van der Waals surface area contributed by atoms with Crippen molar-refractivity contribution in [1.29, 1.82) is 0 Å². The van der Waals surface area contributed by atoms with Gasteiger partial charge in [0.05, 0.1) is 6.26 Å². The first-order valence-electron chi connectivity index (χ1n) is 5.36. The largest absolute Gasteiger partial charge is 0.459 e. The molecule has 88 valence electrons. The molecule has 1 aromatic rings. The molecule has 2 amide bonds. The van der Waals surface area contributed by atoms with E-state index < -0.39 is 5.91 Å². The summed E-state index contributed by atoms with van der Waals surface area (Å²) in [5.74, 6) is -0.462. The van der Waals surface area contributed by atoms with Crippen LogP contribution in [0.3, 0.4) is 0 Å². The molecule has 0 saturated heterocycles. The minimum absolute atomic E-state index is 0.175. The molecule has 5 nitrogen and oxygen atoms in total. The molecule has 0 aliphatic carbocycles. The van der Waals surface area contributed by atoms with Crippen LogP contribution in [0.15, 0.2) is 22.8 Å². The lowest BCUT2D eigenvalue weighted by Crippen LogP contribution is -2.41. The van der Waals surface area contributed by atoms with E-state index in [9.17, 15) is 9.59 Å². The first-order valence-corrected chi connectivity index (χ1v) is 5.36. The highest BCUT2D eigenvalue weighted by atomic mass is 16.3. The molecule has 1 heterocycles. The van der Waals surface area contributed by atoms with Crippen LogP contribution in [0.5, 0.6) is 0 Å². The van der Waals surface area contributed by atoms with Crippen molar-refractivity contribution in [1.82, 2.24) is 10.9 Å². The maximum absolute atomic E-state index is 11.3. The third kappa shape index (κ3) is 4.16. The van der Waals surface area contributed by atoms with Gasteiger partial charge in [-0.15, -0.1) is 0 Å². The van der Waals surface area contributed by atoms with Crippen molar-refractivity contribution >= 4 is 11.8 Å². The Morgan fingerprint density at radius 2 is 2.12 bits per heavy atom. The zero-order valence-electron chi connectivity index (χ0n) is 9.29. The summed E-state index contributed by atoms with van der Waals surface area (Å²) in [6.45, 7) is 2.07. The number of hydrogen-bond donors (Lipinski definition) is 2. The van der Waals surface area contributed by atoms with E-state index in [0.717, 1.165) is 19.3 Å². The molecule has 2 N–H and O–H groups in total. The standard InChI is InChI=1S/C11H16N2O3/c1-2-3-4-7-10(14)12-13-11(15)9-6-5-8-16-9/h5-6,8H,2-4,7H2,1H3,(H,12,14)(H,13,15). The van der Waals surface area contributed by atoms with Crippen LogP contribution in [-0.2, 0) is 4.79 Å². The van der Waals surface area contributed by atoms with Crippen LogP contribution in [0.25, 0.3) is 0 Å². The highest BCUT2D eigenvalue weighted by Crippen LogP contribution is 1.99. The Morgan fingerprint density at radius 3 is 2.75 bits per heavy atom. The van der Waals surface area contributed by atoms with Crippen molar-refractivity contribution in [2.75, 3.05) is 0 Å². The molecule has 0 radical (unpaired) electrons. The maximum Gasteiger partial charge on any atom is 0.305 e. The smallest absolute Gasteiger partial charge is 0.305 e. The molecule has 0 aliphatic rings. The Kier molecular flexibility index (Phi) is 5.11. The number of amides is 2. The number of hydrazine groups is 1. The summed E-state index contributed by atoms with van der Waals surface area (Å²) in [6.07, 6.45) is 4.73. The average molecular weight is 224 g/mol. The molecule has 0 aromatic carbocycles. The van der Waals surface area contributed by atoms with E-state index in [1.165, 1.54) is 12.3 Å². The molecular formula is C11H16N2O3. The maximum atomic E-state index is 11.3. The normalized spacial score (nSPS) is 9.81. The van der Waals surface area contributed by atoms with Gasteiger partial charge in [0.15, 0.2) is 5.76 Å². The van der Waals surface area contributed by atoms with Gasteiger partial charge in [0.1, 0.15) is 0 Å². The quantitative estimate of drug-likeness (QED) is 0.589. The van der Waals surface area contributed by atoms with Gasteiger partial charge in [-0.2, -0.15) is 0 Å². The first kappa shape index (κ1) is 12.3. The van der Waals surface area contributed by atoms with Crippen LogP contribution in [0.2, 0.25) is 0 Å². The van der Waals surface area contributed by atoms with Gasteiger partial charge in [0.25, 0.3) is 0 Å². The van der Waals surface area contributed by atoms with Crippen molar-refractivity contribution in [2.24, 2.45) is 0 Å². The van der Waals surface area contributed by atoms with E-state index in [1.54, 1.807) is 6.07 Å². The summed E-state index contributed by atoms with van der Waals surface area (Å²) in [6, 6.07) is 3.14. The van der Waals surface area contributed by atoms with Crippen LogP contribution < -0.4 is 10.9 Å². The molecule has 1 rings (SSSR count). The van der Waals surface area contributed by atoms with E-state index >= 15 is 0 Å². The van der Waals surface area contributed by atoms with Gasteiger partial charge in [-0.05, 0) is 18.6 Å². The van der Waals surface area contributed by atoms with Crippen LogP contribution in [0, 0.1) is 0 Å². The fourth-order valence-corrected chi connectivity index (χ4v) is 1.19. The van der Waals surface area contributed by atoms with E-state index in [-0.39, 0.29) is 11.7 Å². The second-order valence-electron chi connectivity index (χ2n) is 3.44. The lowest BCUT2D eigenvalue weighted by atomic mass is 10.2. The lowest BCUT2D eigenvalue weighted by Gasteiger charge is -2.05. The van der Waals surface area contributed by atoms with Crippen molar-refractivity contribution in [3.8, 4) is 0 Å². The van der Waals surface area contributed by atoms with Gasteiger partial charge < -0.3 is 4.42 Å². The molecule has 1 aromatic heterocycles. The second kappa shape index (κ2) is 6.66. The lowest BCUT2D eigenvalue weighted by molar-refractivity contribution is -0.122. The molecule has 0 spiro atoms. The van der Waals surface area contributed by atoms with E-state index in [0.29, 0.717) is 6.42 Å². The van der Waals surface area contributed by atoms with Crippen molar-refractivity contribution < 1.29 is 14.0 Å². The highest BCUT2D eigenvalue weighted by molar-refractivity contribution is 5.92. The van der Waals surface area contributed by atoms with Crippen LogP contribution >= 0.6 is 0 Å². The number of nitrogens with one attached hydrogen (secondary N) is 2. The Bertz CT molecular complexity index is 333. The summed E-state index contributed by atoms with van der Waals surface area (Å²) >= 11 is 0. The first-order chi connectivity index (χ1) is 7.74. The highest BCUT2D eigenvalue weighted by Gasteiger charge is 2.08. The van der Waals surface area contributed by atoms with E-state index in [4.69, 9.17) is 4.42 Å². The van der Waals surface area contributed by atoms with Crippen LogP contribution in [0.4, 0.5) is 0 Å². The number of carbonyl (C=O) groups is 2. The third-order valence-electron chi connectivity index (χ3n) is 2.07. The fraction of sp³-hybridized carbons (Fsp3) is 0.455. The zero-order valence-corrected chi connectivity index (χ0v) is 9.29. The van der Waals surface area contributed by atoms with Gasteiger partial charge in [0, 0.05) is 6.42 Å². The topological polar surface area (TPSA) is 71.3 Å². The van der Waals surface area contributed by atoms with Gasteiger partial charge in [-0.1, -0.05) is 19.8 Å². The van der Waals surface area contributed by atoms with Crippen LogP contribution in [0.1, 0.15) is 43.2 Å². The minimum atomic E-state index is -0.450. The van der Waals surface area contributed by atoms with Crippen LogP contribution in [-0.4, -0.2) is 11.8 Å². The molecule has 5 heteroatoms. The molecule has 0 saturated carbocycles. The number of hydrogen-bond acceptors (Lipinski definition) is 3. The predicted octanol–water partition coefficient (Wildman–Crippen LogP) is 1.62. The van der Waals surface area contributed by atoms with Crippen molar-refractivity contribution in [2.45, 2.75) is 32.6 Å². The Morgan fingerprint density at radius 1 is 1.31 bits per heavy atom. The molecule has 0 unspecified atom stereocenters. The Balaban J connectivity index is 2.19. The second-order valence-corrected chi connectivity index (χ2v) is 3.44. The van der Waals surface area contributed by atoms with Gasteiger partial charge in [-0.25, -0.2) is 0 Å². The summed E-state index contributed by atoms with van der Waals surface area (Å²) in [4.78, 5) is 22.6. The molecular weight excluding hydrogens is 208 g/mol. The van der Waals surface area contributed by atoms with Gasteiger partial charge >= 0.3 is 5.91 Å². The summed E-state index contributed by atoms with van der Waals surface area (Å²) < 4.78 is 4.86. The van der Waals surface area contributed by atoms with Gasteiger partial charge in [-0.3, -0.25) is 20.4 Å².